The number of amides is 1. The number of rotatable bonds is 3. The summed E-state index contributed by atoms with van der Waals surface area (Å²) in [7, 11) is 0. The highest BCUT2D eigenvalue weighted by Gasteiger charge is 2.31. The van der Waals surface area contributed by atoms with Crippen LogP contribution in [0.25, 0.3) is 0 Å². The van der Waals surface area contributed by atoms with Gasteiger partial charge in [0.05, 0.1) is 6.04 Å². The normalized spacial score (nSPS) is 21.9. The lowest BCUT2D eigenvalue weighted by Crippen LogP contribution is -2.36. The van der Waals surface area contributed by atoms with Gasteiger partial charge in [-0.05, 0) is 24.1 Å². The lowest BCUT2D eigenvalue weighted by Gasteiger charge is -2.19. The highest BCUT2D eigenvalue weighted by Crippen LogP contribution is 2.30. The molecule has 20 heavy (non-hydrogen) atoms. The fraction of sp³-hybridized carbons (Fsp3) is 0.286. The van der Waals surface area contributed by atoms with Gasteiger partial charge in [0.1, 0.15) is 12.4 Å². The minimum absolute atomic E-state index is 0.0830. The third-order valence-corrected chi connectivity index (χ3v) is 3.53. The Bertz CT molecular complexity index is 583. The Balaban J connectivity index is 1.72. The number of ether oxygens (including phenoxy) is 1. The van der Waals surface area contributed by atoms with Crippen molar-refractivity contribution in [2.24, 2.45) is 0 Å². The molecule has 1 aliphatic rings. The molecule has 1 saturated heterocycles. The minimum Gasteiger partial charge on any atom is -0.371 e. The maximum Gasteiger partial charge on any atom is 0.273 e. The first-order chi connectivity index (χ1) is 9.74. The summed E-state index contributed by atoms with van der Waals surface area (Å²) < 4.78 is 10.4. The quantitative estimate of drug-likeness (QED) is 0.944. The molecule has 1 aromatic heterocycles. The molecule has 2 heterocycles. The van der Waals surface area contributed by atoms with Gasteiger partial charge in [0.25, 0.3) is 5.91 Å². The predicted molar refractivity (Wildman–Crippen MR) is 72.5 cm³/mol. The van der Waals surface area contributed by atoms with Crippen LogP contribution in [0.1, 0.15) is 28.6 Å². The summed E-state index contributed by atoms with van der Waals surface area (Å²) in [5.41, 5.74) is 1.27. The zero-order chi connectivity index (χ0) is 13.9. The zero-order valence-electron chi connectivity index (χ0n) is 10.6. The second-order valence-corrected chi connectivity index (χ2v) is 5.03. The smallest absolute Gasteiger partial charge is 0.273 e. The van der Waals surface area contributed by atoms with E-state index in [1.54, 1.807) is 0 Å². The van der Waals surface area contributed by atoms with Crippen molar-refractivity contribution in [1.82, 2.24) is 10.5 Å². The summed E-state index contributed by atoms with van der Waals surface area (Å²) in [6, 6.07) is 8.90. The molecule has 1 fully saturated rings. The van der Waals surface area contributed by atoms with Crippen molar-refractivity contribution in [1.29, 1.82) is 0 Å². The number of nitrogens with one attached hydrogen (secondary N) is 1. The number of hydrogen-bond donors (Lipinski definition) is 1. The number of benzene rings is 1. The molecule has 0 unspecified atom stereocenters. The van der Waals surface area contributed by atoms with Crippen LogP contribution < -0.4 is 5.32 Å². The fourth-order valence-corrected chi connectivity index (χ4v) is 2.42. The van der Waals surface area contributed by atoms with Crippen molar-refractivity contribution in [2.75, 3.05) is 6.61 Å². The van der Waals surface area contributed by atoms with Crippen LogP contribution in [0, 0.1) is 0 Å². The van der Waals surface area contributed by atoms with Crippen molar-refractivity contribution in [3.05, 3.63) is 52.9 Å². The number of halogens is 1. The molecule has 5 nitrogen and oxygen atoms in total. The molecule has 0 bridgehead atoms. The number of carbonyl (C=O) groups is 1. The summed E-state index contributed by atoms with van der Waals surface area (Å²) in [6.07, 6.45) is 1.97. The Morgan fingerprint density at radius 1 is 1.30 bits per heavy atom. The van der Waals surface area contributed by atoms with Gasteiger partial charge in [0.2, 0.25) is 0 Å². The molecular weight excluding hydrogens is 280 g/mol. The standard InChI is InChI=1S/C14H13ClN2O3/c15-10-3-1-9(2-4-10)13-11(5-7-19-13)16-14(18)12-6-8-20-17-12/h1-4,6,8,11,13H,5,7H2,(H,16,18)/t11-,13-/m0/s1. The summed E-state index contributed by atoms with van der Waals surface area (Å²) in [5.74, 6) is -0.256. The minimum atomic E-state index is -0.256. The third kappa shape index (κ3) is 2.69. The van der Waals surface area contributed by atoms with Gasteiger partial charge in [-0.1, -0.05) is 28.9 Å². The zero-order valence-corrected chi connectivity index (χ0v) is 11.3. The Labute approximate surface area is 120 Å². The Morgan fingerprint density at radius 2 is 2.10 bits per heavy atom. The average Bonchev–Trinajstić information content (AvgIpc) is 3.10. The molecule has 2 aromatic rings. The van der Waals surface area contributed by atoms with Crippen molar-refractivity contribution < 1.29 is 14.1 Å². The van der Waals surface area contributed by atoms with Crippen LogP contribution >= 0.6 is 11.6 Å². The maximum atomic E-state index is 12.0. The van der Waals surface area contributed by atoms with Crippen molar-refractivity contribution >= 4 is 17.5 Å². The van der Waals surface area contributed by atoms with E-state index in [2.05, 4.69) is 15.0 Å². The van der Waals surface area contributed by atoms with E-state index in [0.717, 1.165) is 12.0 Å². The van der Waals surface area contributed by atoms with E-state index in [0.29, 0.717) is 11.6 Å². The summed E-state index contributed by atoms with van der Waals surface area (Å²) in [4.78, 5) is 12.0. The van der Waals surface area contributed by atoms with E-state index in [9.17, 15) is 4.79 Å². The van der Waals surface area contributed by atoms with Crippen LogP contribution in [0.3, 0.4) is 0 Å². The van der Waals surface area contributed by atoms with Gasteiger partial charge in [-0.25, -0.2) is 0 Å². The van der Waals surface area contributed by atoms with Crippen LogP contribution in [0.2, 0.25) is 5.02 Å². The van der Waals surface area contributed by atoms with Crippen LogP contribution in [0.4, 0.5) is 0 Å². The number of nitrogens with zero attached hydrogens (tertiary/aromatic N) is 1. The molecule has 104 valence electrons. The van der Waals surface area contributed by atoms with E-state index in [4.69, 9.17) is 16.3 Å². The van der Waals surface area contributed by atoms with Gasteiger partial charge in [-0.3, -0.25) is 4.79 Å². The van der Waals surface area contributed by atoms with E-state index in [-0.39, 0.29) is 23.7 Å². The topological polar surface area (TPSA) is 64.4 Å². The third-order valence-electron chi connectivity index (χ3n) is 3.28. The largest absolute Gasteiger partial charge is 0.371 e. The molecule has 1 aliphatic heterocycles. The fourth-order valence-electron chi connectivity index (χ4n) is 2.29. The molecule has 1 amide bonds. The van der Waals surface area contributed by atoms with E-state index in [1.807, 2.05) is 24.3 Å². The monoisotopic (exact) mass is 292 g/mol. The highest BCUT2D eigenvalue weighted by atomic mass is 35.5. The van der Waals surface area contributed by atoms with Crippen molar-refractivity contribution in [2.45, 2.75) is 18.6 Å². The predicted octanol–water partition coefficient (Wildman–Crippen LogP) is 2.59. The van der Waals surface area contributed by atoms with Gasteiger partial charge >= 0.3 is 0 Å². The second kappa shape index (κ2) is 5.64. The molecule has 0 spiro atoms. The summed E-state index contributed by atoms with van der Waals surface area (Å²) in [5, 5.41) is 7.22. The first-order valence-corrected chi connectivity index (χ1v) is 6.70. The van der Waals surface area contributed by atoms with E-state index in [1.165, 1.54) is 12.3 Å². The molecular formula is C14H13ClN2O3. The number of aromatic nitrogens is 1. The lowest BCUT2D eigenvalue weighted by molar-refractivity contribution is 0.0815. The van der Waals surface area contributed by atoms with Crippen LogP contribution in [0.15, 0.2) is 41.1 Å². The molecule has 1 N–H and O–H groups in total. The number of carbonyl (C=O) groups excluding carboxylic acids is 1. The van der Waals surface area contributed by atoms with Gasteiger partial charge in [0.15, 0.2) is 5.69 Å². The second-order valence-electron chi connectivity index (χ2n) is 4.60. The SMILES string of the molecule is O=C(N[C@H]1CCO[C@H]1c1ccc(Cl)cc1)c1ccon1. The molecule has 1 aromatic carbocycles. The summed E-state index contributed by atoms with van der Waals surface area (Å²) in [6.45, 7) is 0.608. The molecule has 3 rings (SSSR count). The van der Waals surface area contributed by atoms with Gasteiger partial charge in [-0.2, -0.15) is 0 Å². The van der Waals surface area contributed by atoms with Crippen LogP contribution in [-0.4, -0.2) is 23.7 Å². The maximum absolute atomic E-state index is 12.0. The van der Waals surface area contributed by atoms with Crippen molar-refractivity contribution in [3.63, 3.8) is 0 Å². The average molecular weight is 293 g/mol. The Morgan fingerprint density at radius 3 is 2.80 bits per heavy atom. The first kappa shape index (κ1) is 13.1. The first-order valence-electron chi connectivity index (χ1n) is 6.32. The van der Waals surface area contributed by atoms with E-state index >= 15 is 0 Å². The molecule has 0 radical (unpaired) electrons. The highest BCUT2D eigenvalue weighted by molar-refractivity contribution is 6.30. The van der Waals surface area contributed by atoms with Crippen molar-refractivity contribution in [3.8, 4) is 0 Å². The molecule has 0 aliphatic carbocycles. The lowest BCUT2D eigenvalue weighted by atomic mass is 10.0. The molecule has 2 atom stereocenters. The number of hydrogen-bond acceptors (Lipinski definition) is 4. The van der Waals surface area contributed by atoms with E-state index < -0.39 is 0 Å². The van der Waals surface area contributed by atoms with Gasteiger partial charge in [0, 0.05) is 17.7 Å². The summed E-state index contributed by atoms with van der Waals surface area (Å²) >= 11 is 5.88. The molecule has 6 heteroatoms. The van der Waals surface area contributed by atoms with Gasteiger partial charge in [-0.15, -0.1) is 0 Å². The van der Waals surface area contributed by atoms with Crippen LogP contribution in [-0.2, 0) is 4.74 Å². The van der Waals surface area contributed by atoms with Gasteiger partial charge < -0.3 is 14.6 Å². The Kier molecular flexibility index (Phi) is 3.71. The Hall–Kier alpha value is -1.85. The van der Waals surface area contributed by atoms with Crippen LogP contribution in [0.5, 0.6) is 0 Å². The molecule has 0 saturated carbocycles.